The molecule has 1 fully saturated rings. The van der Waals surface area contributed by atoms with Gasteiger partial charge in [0, 0.05) is 0 Å². The van der Waals surface area contributed by atoms with Crippen molar-refractivity contribution < 1.29 is 0 Å². The standard InChI is InChI=1S/C17H20/c1-2-6-14-12(4-1)8-10-17-15-7-3-5-13(15)9-11-16(14)17/h1-2,4,6,11,13,15,17H,3,5,7-10H2/t13-,15+,17-/m0/s1. The molecule has 0 N–H and O–H groups in total. The summed E-state index contributed by atoms with van der Waals surface area (Å²) in [6, 6.07) is 9.08. The Labute approximate surface area is 104 Å². The Hall–Kier alpha value is -1.04. The maximum absolute atomic E-state index is 2.58. The average Bonchev–Trinajstić information content (AvgIpc) is 2.86. The second-order valence-electron chi connectivity index (χ2n) is 6.05. The van der Waals surface area contributed by atoms with E-state index in [4.69, 9.17) is 0 Å². The molecule has 88 valence electrons. The molecule has 0 aromatic heterocycles. The number of benzene rings is 1. The molecule has 0 heterocycles. The van der Waals surface area contributed by atoms with Gasteiger partial charge in [-0.3, -0.25) is 0 Å². The first-order valence-corrected chi connectivity index (χ1v) is 7.22. The topological polar surface area (TPSA) is 0 Å². The molecule has 0 spiro atoms. The Balaban J connectivity index is 1.79. The van der Waals surface area contributed by atoms with E-state index in [-0.39, 0.29) is 0 Å². The summed E-state index contributed by atoms with van der Waals surface area (Å²) in [6.45, 7) is 0. The highest BCUT2D eigenvalue weighted by molar-refractivity contribution is 5.72. The van der Waals surface area contributed by atoms with Gasteiger partial charge in [0.05, 0.1) is 0 Å². The molecule has 17 heavy (non-hydrogen) atoms. The number of hydrogen-bond donors (Lipinski definition) is 0. The SMILES string of the molecule is C1=C2c3ccccc3CC[C@H]2[C@@H]2CCC[C@H]2C1. The third-order valence-corrected chi connectivity index (χ3v) is 5.33. The van der Waals surface area contributed by atoms with Crippen LogP contribution in [-0.2, 0) is 6.42 Å². The maximum Gasteiger partial charge on any atom is -0.0125 e. The van der Waals surface area contributed by atoms with E-state index in [1.807, 2.05) is 0 Å². The smallest absolute Gasteiger partial charge is 0.0125 e. The minimum atomic E-state index is 0.895. The Kier molecular flexibility index (Phi) is 2.18. The zero-order valence-corrected chi connectivity index (χ0v) is 10.4. The summed E-state index contributed by atoms with van der Waals surface area (Å²) in [5.74, 6) is 2.93. The first-order valence-electron chi connectivity index (χ1n) is 7.22. The summed E-state index contributed by atoms with van der Waals surface area (Å²) < 4.78 is 0. The van der Waals surface area contributed by atoms with Crippen LogP contribution in [0.15, 0.2) is 30.3 Å². The van der Waals surface area contributed by atoms with E-state index in [1.165, 1.54) is 38.5 Å². The van der Waals surface area contributed by atoms with Crippen LogP contribution in [0, 0.1) is 17.8 Å². The molecule has 4 rings (SSSR count). The summed E-state index contributed by atoms with van der Waals surface area (Å²) in [5, 5.41) is 0. The van der Waals surface area contributed by atoms with Gasteiger partial charge in [-0.05, 0) is 66.6 Å². The van der Waals surface area contributed by atoms with E-state index >= 15 is 0 Å². The van der Waals surface area contributed by atoms with Crippen LogP contribution in [-0.4, -0.2) is 0 Å². The van der Waals surface area contributed by atoms with Crippen molar-refractivity contribution in [1.82, 2.24) is 0 Å². The molecule has 0 nitrogen and oxygen atoms in total. The third kappa shape index (κ3) is 1.43. The molecule has 1 aromatic carbocycles. The fraction of sp³-hybridized carbons (Fsp3) is 0.529. The van der Waals surface area contributed by atoms with Gasteiger partial charge in [-0.2, -0.15) is 0 Å². The molecule has 0 radical (unpaired) electrons. The number of fused-ring (bicyclic) bond motifs is 5. The van der Waals surface area contributed by atoms with Crippen LogP contribution < -0.4 is 0 Å². The lowest BCUT2D eigenvalue weighted by molar-refractivity contribution is 0.283. The van der Waals surface area contributed by atoms with Gasteiger partial charge in [0.2, 0.25) is 0 Å². The molecule has 1 saturated carbocycles. The van der Waals surface area contributed by atoms with Crippen LogP contribution in [0.2, 0.25) is 0 Å². The lowest BCUT2D eigenvalue weighted by Crippen LogP contribution is -2.27. The van der Waals surface area contributed by atoms with Crippen LogP contribution in [0.1, 0.15) is 43.2 Å². The summed E-state index contributed by atoms with van der Waals surface area (Å²) in [7, 11) is 0. The van der Waals surface area contributed by atoms with Crippen LogP contribution in [0.25, 0.3) is 5.57 Å². The quantitative estimate of drug-likeness (QED) is 0.610. The molecular weight excluding hydrogens is 204 g/mol. The van der Waals surface area contributed by atoms with Gasteiger partial charge in [0.1, 0.15) is 0 Å². The summed E-state index contributed by atoms with van der Waals surface area (Å²) in [6.07, 6.45) is 11.1. The molecule has 0 aliphatic heterocycles. The molecule has 3 aliphatic rings. The summed E-state index contributed by atoms with van der Waals surface area (Å²) in [4.78, 5) is 0. The first kappa shape index (κ1) is 9.94. The molecule has 0 bridgehead atoms. The molecule has 0 unspecified atom stereocenters. The van der Waals surface area contributed by atoms with Gasteiger partial charge in [0.15, 0.2) is 0 Å². The van der Waals surface area contributed by atoms with Crippen molar-refractivity contribution in [3.63, 3.8) is 0 Å². The summed E-state index contributed by atoms with van der Waals surface area (Å²) in [5.41, 5.74) is 4.87. The normalized spacial score (nSPS) is 34.6. The van der Waals surface area contributed by atoms with Gasteiger partial charge in [-0.1, -0.05) is 36.8 Å². The van der Waals surface area contributed by atoms with Crippen molar-refractivity contribution in [3.8, 4) is 0 Å². The molecule has 0 amide bonds. The third-order valence-electron chi connectivity index (χ3n) is 5.33. The minimum Gasteiger partial charge on any atom is -0.0801 e. The van der Waals surface area contributed by atoms with Crippen molar-refractivity contribution >= 4 is 5.57 Å². The second kappa shape index (κ2) is 3.73. The van der Waals surface area contributed by atoms with E-state index in [1.54, 1.807) is 16.7 Å². The largest absolute Gasteiger partial charge is 0.0801 e. The van der Waals surface area contributed by atoms with E-state index in [0.29, 0.717) is 0 Å². The van der Waals surface area contributed by atoms with Crippen molar-refractivity contribution in [3.05, 3.63) is 41.5 Å². The second-order valence-corrected chi connectivity index (χ2v) is 6.05. The predicted octanol–water partition coefficient (Wildman–Crippen LogP) is 4.45. The lowest BCUT2D eigenvalue weighted by atomic mass is 9.66. The Morgan fingerprint density at radius 2 is 1.94 bits per heavy atom. The Morgan fingerprint density at radius 3 is 2.94 bits per heavy atom. The van der Waals surface area contributed by atoms with Crippen molar-refractivity contribution in [2.45, 2.75) is 38.5 Å². The zero-order valence-electron chi connectivity index (χ0n) is 10.4. The Morgan fingerprint density at radius 1 is 1.00 bits per heavy atom. The van der Waals surface area contributed by atoms with Gasteiger partial charge < -0.3 is 0 Å². The zero-order chi connectivity index (χ0) is 11.2. The number of allylic oxidation sites excluding steroid dienone is 2. The number of aryl methyl sites for hydroxylation is 1. The van der Waals surface area contributed by atoms with Crippen LogP contribution >= 0.6 is 0 Å². The van der Waals surface area contributed by atoms with E-state index in [9.17, 15) is 0 Å². The van der Waals surface area contributed by atoms with Gasteiger partial charge >= 0.3 is 0 Å². The fourth-order valence-corrected chi connectivity index (χ4v) is 4.56. The van der Waals surface area contributed by atoms with E-state index in [2.05, 4.69) is 30.3 Å². The lowest BCUT2D eigenvalue weighted by Gasteiger charge is -2.38. The number of hydrogen-bond acceptors (Lipinski definition) is 0. The van der Waals surface area contributed by atoms with Gasteiger partial charge in [-0.25, -0.2) is 0 Å². The minimum absolute atomic E-state index is 0.895. The molecular formula is C17H20. The summed E-state index contributed by atoms with van der Waals surface area (Å²) >= 11 is 0. The highest BCUT2D eigenvalue weighted by Crippen LogP contribution is 2.51. The predicted molar refractivity (Wildman–Crippen MR) is 71.7 cm³/mol. The van der Waals surface area contributed by atoms with Crippen molar-refractivity contribution in [2.75, 3.05) is 0 Å². The first-order chi connectivity index (χ1) is 8.43. The van der Waals surface area contributed by atoms with E-state index < -0.39 is 0 Å². The monoisotopic (exact) mass is 224 g/mol. The maximum atomic E-state index is 2.58. The highest BCUT2D eigenvalue weighted by atomic mass is 14.4. The molecule has 0 heteroatoms. The molecule has 1 aromatic rings. The van der Waals surface area contributed by atoms with Gasteiger partial charge in [0.25, 0.3) is 0 Å². The molecule has 3 aliphatic carbocycles. The van der Waals surface area contributed by atoms with Crippen molar-refractivity contribution in [1.29, 1.82) is 0 Å². The number of rotatable bonds is 0. The molecule has 3 atom stereocenters. The average molecular weight is 224 g/mol. The fourth-order valence-electron chi connectivity index (χ4n) is 4.56. The van der Waals surface area contributed by atoms with Crippen molar-refractivity contribution in [2.24, 2.45) is 17.8 Å². The van der Waals surface area contributed by atoms with Crippen LogP contribution in [0.5, 0.6) is 0 Å². The van der Waals surface area contributed by atoms with E-state index in [0.717, 1.165) is 17.8 Å². The van der Waals surface area contributed by atoms with Gasteiger partial charge in [-0.15, -0.1) is 0 Å². The van der Waals surface area contributed by atoms with Crippen LogP contribution in [0.4, 0.5) is 0 Å². The highest BCUT2D eigenvalue weighted by Gasteiger charge is 2.39. The molecule has 0 saturated heterocycles. The Bertz CT molecular complexity index is 469. The van der Waals surface area contributed by atoms with Crippen LogP contribution in [0.3, 0.4) is 0 Å².